The van der Waals surface area contributed by atoms with Gasteiger partial charge in [-0.1, -0.05) is 0 Å². The molecular weight excluding hydrogens is 207 g/mol. The Hall–Kier alpha value is -0.0499. The summed E-state index contributed by atoms with van der Waals surface area (Å²) in [6.07, 6.45) is 3.66. The van der Waals surface area contributed by atoms with Gasteiger partial charge in [0.25, 0.3) is 0 Å². The monoisotopic (exact) mass is 212 g/mol. The molecule has 0 aliphatic carbocycles. The molecule has 1 rings (SSSR count). The van der Waals surface area contributed by atoms with Crippen molar-refractivity contribution in [2.24, 2.45) is 0 Å². The molecule has 0 fully saturated rings. The predicted octanol–water partition coefficient (Wildman–Crippen LogP) is -0.0643. The van der Waals surface area contributed by atoms with Crippen LogP contribution in [0.25, 0.3) is 0 Å². The van der Waals surface area contributed by atoms with Crippen LogP contribution in [-0.2, 0) is 4.79 Å². The standard InChI is InChI=1S/C5H5O2.In/c1-2-3-4-5(6)7;/h1-4H,(H,6,7);. The predicted molar refractivity (Wildman–Crippen MR) is 32.3 cm³/mol. The second-order valence-corrected chi connectivity index (χ2v) is 5.88. The summed E-state index contributed by atoms with van der Waals surface area (Å²) in [7, 11) is 0. The molecule has 0 radical (unpaired) electrons. The average molecular weight is 212 g/mol. The first-order chi connectivity index (χ1) is 3.80. The van der Waals surface area contributed by atoms with Crippen LogP contribution in [0.3, 0.4) is 0 Å². The van der Waals surface area contributed by atoms with Crippen LogP contribution in [0.1, 0.15) is 0 Å². The van der Waals surface area contributed by atoms with Gasteiger partial charge in [-0.05, 0) is 0 Å². The molecule has 1 heterocycles. The van der Waals surface area contributed by atoms with Gasteiger partial charge in [0.1, 0.15) is 0 Å². The van der Waals surface area contributed by atoms with Gasteiger partial charge in [-0.25, -0.2) is 0 Å². The number of carboxylic acid groups (broad SMARTS) is 1. The number of hydrogen-bond acceptors (Lipinski definition) is 1. The van der Waals surface area contributed by atoms with Gasteiger partial charge in [0.2, 0.25) is 0 Å². The van der Waals surface area contributed by atoms with Crippen molar-refractivity contribution in [3.8, 4) is 0 Å². The van der Waals surface area contributed by atoms with E-state index in [1.807, 2.05) is 9.83 Å². The van der Waals surface area contributed by atoms with E-state index in [-0.39, 0.29) is 3.67 Å². The van der Waals surface area contributed by atoms with Crippen LogP contribution in [0.4, 0.5) is 0 Å². The van der Waals surface area contributed by atoms with Gasteiger partial charge in [-0.2, -0.15) is 0 Å². The number of rotatable bonds is 1. The van der Waals surface area contributed by atoms with Crippen molar-refractivity contribution in [1.82, 2.24) is 0 Å². The van der Waals surface area contributed by atoms with E-state index in [9.17, 15) is 4.79 Å². The summed E-state index contributed by atoms with van der Waals surface area (Å²) in [5, 5.41) is 8.39. The van der Waals surface area contributed by atoms with Crippen molar-refractivity contribution in [2.75, 3.05) is 0 Å². The fourth-order valence-electron chi connectivity index (χ4n) is 0.596. The van der Waals surface area contributed by atoms with Crippen LogP contribution in [0, 0.1) is 0 Å². The van der Waals surface area contributed by atoms with E-state index in [2.05, 4.69) is 0 Å². The molecule has 40 valence electrons. The van der Waals surface area contributed by atoms with Crippen molar-refractivity contribution >= 4 is 32.2 Å². The van der Waals surface area contributed by atoms with E-state index >= 15 is 0 Å². The van der Waals surface area contributed by atoms with Gasteiger partial charge in [0.05, 0.1) is 0 Å². The summed E-state index contributed by atoms with van der Waals surface area (Å²) in [5.41, 5.74) is 0. The summed E-state index contributed by atoms with van der Waals surface area (Å²) in [4.78, 5) is 10.2. The van der Waals surface area contributed by atoms with Crippen molar-refractivity contribution < 1.29 is 9.90 Å². The molecule has 1 aliphatic heterocycles. The second kappa shape index (κ2) is 2.49. The summed E-state index contributed by atoms with van der Waals surface area (Å²) >= 11 is -0.826. The Kier molecular flexibility index (Phi) is 1.89. The minimum atomic E-state index is -0.826. The first kappa shape index (κ1) is 6.08. The third-order valence-corrected chi connectivity index (χ3v) is 4.93. The second-order valence-electron chi connectivity index (χ2n) is 1.63. The summed E-state index contributed by atoms with van der Waals surface area (Å²) in [6.45, 7) is 0. The number of aliphatic carboxylic acids is 1. The quantitative estimate of drug-likeness (QED) is 0.660. The SMILES string of the molecule is O=C(O)[CH]1C=C[CH]=[In]1. The number of hydrogen-bond donors (Lipinski definition) is 1. The fraction of sp³-hybridized carbons (Fsp3) is 0.200. The topological polar surface area (TPSA) is 37.3 Å². The van der Waals surface area contributed by atoms with E-state index in [1.54, 1.807) is 6.08 Å². The fourth-order valence-corrected chi connectivity index (χ4v) is 3.21. The zero-order valence-corrected chi connectivity index (χ0v) is 7.54. The van der Waals surface area contributed by atoms with Crippen LogP contribution in [0.15, 0.2) is 12.2 Å². The Morgan fingerprint density at radius 1 is 1.75 bits per heavy atom. The maximum absolute atomic E-state index is 10.2. The van der Waals surface area contributed by atoms with Crippen LogP contribution >= 0.6 is 0 Å². The molecule has 3 heteroatoms. The van der Waals surface area contributed by atoms with Crippen LogP contribution in [0.5, 0.6) is 0 Å². The molecule has 0 spiro atoms. The third-order valence-electron chi connectivity index (χ3n) is 1.03. The maximum atomic E-state index is 10.2. The van der Waals surface area contributed by atoms with Crippen LogP contribution < -0.4 is 0 Å². The summed E-state index contributed by atoms with van der Waals surface area (Å²) < 4.78 is 1.99. The Labute approximate surface area is 58.0 Å². The van der Waals surface area contributed by atoms with Gasteiger partial charge in [0.15, 0.2) is 0 Å². The van der Waals surface area contributed by atoms with E-state index < -0.39 is 28.4 Å². The zero-order chi connectivity index (χ0) is 5.98. The minimum absolute atomic E-state index is 0.0646. The first-order valence-corrected chi connectivity index (χ1v) is 6.19. The molecule has 1 unspecified atom stereocenters. The molecule has 0 aromatic heterocycles. The molecule has 1 atom stereocenters. The molecule has 0 saturated heterocycles. The van der Waals surface area contributed by atoms with Gasteiger partial charge in [0, 0.05) is 0 Å². The summed E-state index contributed by atoms with van der Waals surface area (Å²) in [6, 6.07) is 0. The summed E-state index contributed by atoms with van der Waals surface area (Å²) in [5.74, 6) is -0.642. The molecule has 0 amide bonds. The molecule has 0 bridgehead atoms. The normalized spacial score (nSPS) is 23.2. The number of allylic oxidation sites excluding steroid dienone is 1. The number of carbonyl (C=O) groups is 1. The van der Waals surface area contributed by atoms with E-state index in [4.69, 9.17) is 5.11 Å². The molecule has 1 aliphatic rings. The third kappa shape index (κ3) is 1.22. The van der Waals surface area contributed by atoms with Gasteiger partial charge < -0.3 is 0 Å². The zero-order valence-electron chi connectivity index (χ0n) is 4.24. The Morgan fingerprint density at radius 3 is 2.75 bits per heavy atom. The molecule has 0 saturated carbocycles. The van der Waals surface area contributed by atoms with Crippen molar-refractivity contribution in [1.29, 1.82) is 0 Å². The Morgan fingerprint density at radius 2 is 2.50 bits per heavy atom. The van der Waals surface area contributed by atoms with Gasteiger partial charge >= 0.3 is 57.9 Å². The molecule has 0 aromatic rings. The van der Waals surface area contributed by atoms with Crippen molar-refractivity contribution in [3.05, 3.63) is 12.2 Å². The van der Waals surface area contributed by atoms with E-state index in [1.165, 1.54) is 0 Å². The Balaban J connectivity index is 2.62. The Bertz CT molecular complexity index is 148. The molecule has 8 heavy (non-hydrogen) atoms. The van der Waals surface area contributed by atoms with Crippen LogP contribution in [-0.4, -0.2) is 37.3 Å². The first-order valence-electron chi connectivity index (χ1n) is 2.38. The molecule has 1 N–H and O–H groups in total. The molecule has 0 aromatic carbocycles. The molecular formula is C5H5InO2. The number of carboxylic acids is 1. The van der Waals surface area contributed by atoms with Gasteiger partial charge in [-0.15, -0.1) is 0 Å². The van der Waals surface area contributed by atoms with E-state index in [0.717, 1.165) is 0 Å². The van der Waals surface area contributed by atoms with Crippen molar-refractivity contribution in [3.63, 3.8) is 0 Å². The average Bonchev–Trinajstić information content (AvgIpc) is 2.12. The van der Waals surface area contributed by atoms with Gasteiger partial charge in [-0.3, -0.25) is 0 Å². The van der Waals surface area contributed by atoms with Crippen LogP contribution in [0.2, 0.25) is 3.67 Å². The molecule has 2 nitrogen and oxygen atoms in total. The van der Waals surface area contributed by atoms with Crippen molar-refractivity contribution in [2.45, 2.75) is 3.67 Å². The van der Waals surface area contributed by atoms with E-state index in [0.29, 0.717) is 0 Å².